The van der Waals surface area contributed by atoms with Crippen LogP contribution in [0.5, 0.6) is 0 Å². The Kier molecular flexibility index (Phi) is 4.66. The molecule has 1 unspecified atom stereocenters. The predicted octanol–water partition coefficient (Wildman–Crippen LogP) is 3.67. The van der Waals surface area contributed by atoms with Crippen LogP contribution in [0.3, 0.4) is 0 Å². The average molecular weight is 184 g/mol. The molecule has 0 amide bonds. The van der Waals surface area contributed by atoms with Crippen molar-refractivity contribution in [2.24, 2.45) is 17.3 Å². The Morgan fingerprint density at radius 3 is 1.92 bits per heavy atom. The van der Waals surface area contributed by atoms with Crippen molar-refractivity contribution in [1.82, 2.24) is 0 Å². The molecule has 0 N–H and O–H groups in total. The van der Waals surface area contributed by atoms with Crippen LogP contribution in [0.2, 0.25) is 0 Å². The summed E-state index contributed by atoms with van der Waals surface area (Å²) in [5, 5.41) is 0. The fraction of sp³-hybridized carbons (Fsp3) is 0.917. The normalized spacial score (nSPS) is 14.7. The molecule has 0 aromatic heterocycles. The molecule has 1 atom stereocenters. The van der Waals surface area contributed by atoms with Crippen molar-refractivity contribution in [1.29, 1.82) is 0 Å². The molecule has 0 fully saturated rings. The molecule has 1 heteroatoms. The third-order valence-electron chi connectivity index (χ3n) is 2.15. The van der Waals surface area contributed by atoms with Crippen molar-refractivity contribution < 1.29 is 4.79 Å². The second-order valence-electron chi connectivity index (χ2n) is 5.70. The first-order valence-electron chi connectivity index (χ1n) is 5.25. The summed E-state index contributed by atoms with van der Waals surface area (Å²) < 4.78 is 0. The van der Waals surface area contributed by atoms with Gasteiger partial charge in [0.05, 0.1) is 0 Å². The summed E-state index contributed by atoms with van der Waals surface area (Å²) in [7, 11) is 0. The van der Waals surface area contributed by atoms with E-state index in [4.69, 9.17) is 0 Å². The quantitative estimate of drug-likeness (QED) is 0.651. The van der Waals surface area contributed by atoms with Gasteiger partial charge in [0, 0.05) is 12.3 Å². The number of Topliss-reactive ketones (excluding diaryl/α,β-unsaturated/α-hetero) is 1. The lowest BCUT2D eigenvalue weighted by Gasteiger charge is -2.23. The maximum Gasteiger partial charge on any atom is 0.135 e. The fourth-order valence-electron chi connectivity index (χ4n) is 1.70. The topological polar surface area (TPSA) is 17.1 Å². The molecule has 0 aliphatic rings. The van der Waals surface area contributed by atoms with E-state index in [2.05, 4.69) is 27.7 Å². The highest BCUT2D eigenvalue weighted by Gasteiger charge is 2.18. The Morgan fingerprint density at radius 1 is 1.15 bits per heavy atom. The zero-order valence-corrected chi connectivity index (χ0v) is 9.98. The van der Waals surface area contributed by atoms with Gasteiger partial charge in [-0.1, -0.05) is 41.5 Å². The Bertz CT molecular complexity index is 162. The Morgan fingerprint density at radius 2 is 1.62 bits per heavy atom. The van der Waals surface area contributed by atoms with Crippen molar-refractivity contribution in [2.45, 2.75) is 54.4 Å². The maximum atomic E-state index is 11.4. The van der Waals surface area contributed by atoms with Gasteiger partial charge in [-0.3, -0.25) is 4.79 Å². The second kappa shape index (κ2) is 4.78. The summed E-state index contributed by atoms with van der Waals surface area (Å²) >= 11 is 0. The summed E-state index contributed by atoms with van der Waals surface area (Å²) in [5.41, 5.74) is 0.344. The molecule has 0 heterocycles. The molecule has 1 nitrogen and oxygen atoms in total. The Hall–Kier alpha value is -0.330. The average Bonchev–Trinajstić information content (AvgIpc) is 1.81. The Balaban J connectivity index is 3.88. The van der Waals surface area contributed by atoms with Crippen LogP contribution in [-0.2, 0) is 4.79 Å². The lowest BCUT2D eigenvalue weighted by atomic mass is 9.82. The molecule has 0 rings (SSSR count). The van der Waals surface area contributed by atoms with E-state index in [-0.39, 0.29) is 5.92 Å². The number of carbonyl (C=O) groups excluding carboxylic acids is 1. The van der Waals surface area contributed by atoms with E-state index in [9.17, 15) is 4.79 Å². The van der Waals surface area contributed by atoms with E-state index in [0.717, 1.165) is 12.8 Å². The molecule has 0 radical (unpaired) electrons. The van der Waals surface area contributed by atoms with E-state index in [0.29, 0.717) is 17.1 Å². The molecule has 0 aliphatic carbocycles. The van der Waals surface area contributed by atoms with Gasteiger partial charge in [0.15, 0.2) is 0 Å². The standard InChI is InChI=1S/C12H24O/c1-9(2)11(13)7-10(3)8-12(4,5)6/h9-10H,7-8H2,1-6H3. The molecule has 0 saturated carbocycles. The van der Waals surface area contributed by atoms with Crippen LogP contribution in [0.1, 0.15) is 54.4 Å². The lowest BCUT2D eigenvalue weighted by Crippen LogP contribution is -2.16. The molecule has 0 aliphatic heterocycles. The Labute approximate surface area is 82.9 Å². The molecular formula is C12H24O. The van der Waals surface area contributed by atoms with Gasteiger partial charge in [0.1, 0.15) is 5.78 Å². The van der Waals surface area contributed by atoms with E-state index < -0.39 is 0 Å². The van der Waals surface area contributed by atoms with Crippen molar-refractivity contribution >= 4 is 5.78 Å². The zero-order chi connectivity index (χ0) is 10.6. The summed E-state index contributed by atoms with van der Waals surface area (Å²) in [6.07, 6.45) is 1.88. The first-order chi connectivity index (χ1) is 5.72. The number of rotatable bonds is 4. The van der Waals surface area contributed by atoms with Crippen molar-refractivity contribution in [2.75, 3.05) is 0 Å². The first-order valence-corrected chi connectivity index (χ1v) is 5.25. The van der Waals surface area contributed by atoms with Crippen LogP contribution in [-0.4, -0.2) is 5.78 Å². The van der Waals surface area contributed by atoms with Gasteiger partial charge in [-0.2, -0.15) is 0 Å². The summed E-state index contributed by atoms with van der Waals surface area (Å²) in [6.45, 7) is 12.8. The molecule has 13 heavy (non-hydrogen) atoms. The minimum absolute atomic E-state index is 0.197. The van der Waals surface area contributed by atoms with Crippen LogP contribution in [0, 0.1) is 17.3 Å². The summed E-state index contributed by atoms with van der Waals surface area (Å²) in [6, 6.07) is 0. The van der Waals surface area contributed by atoms with Crippen molar-refractivity contribution in [3.63, 3.8) is 0 Å². The number of ketones is 1. The van der Waals surface area contributed by atoms with Gasteiger partial charge in [0.25, 0.3) is 0 Å². The SMILES string of the molecule is CC(CC(=O)C(C)C)CC(C)(C)C. The number of hydrogen-bond acceptors (Lipinski definition) is 1. The highest BCUT2D eigenvalue weighted by Crippen LogP contribution is 2.26. The van der Waals surface area contributed by atoms with Gasteiger partial charge in [-0.05, 0) is 17.8 Å². The molecular weight excluding hydrogens is 160 g/mol. The second-order valence-corrected chi connectivity index (χ2v) is 5.70. The predicted molar refractivity (Wildman–Crippen MR) is 57.7 cm³/mol. The minimum atomic E-state index is 0.197. The van der Waals surface area contributed by atoms with Crippen LogP contribution in [0.25, 0.3) is 0 Å². The van der Waals surface area contributed by atoms with E-state index in [1.54, 1.807) is 0 Å². The van der Waals surface area contributed by atoms with Crippen LogP contribution >= 0.6 is 0 Å². The molecule has 0 bridgehead atoms. The van der Waals surface area contributed by atoms with Gasteiger partial charge >= 0.3 is 0 Å². The van der Waals surface area contributed by atoms with Crippen LogP contribution < -0.4 is 0 Å². The van der Waals surface area contributed by atoms with E-state index in [1.165, 1.54) is 0 Å². The molecule has 0 saturated heterocycles. The zero-order valence-electron chi connectivity index (χ0n) is 9.98. The van der Waals surface area contributed by atoms with Gasteiger partial charge in [-0.15, -0.1) is 0 Å². The number of hydrogen-bond donors (Lipinski definition) is 0. The van der Waals surface area contributed by atoms with Crippen LogP contribution in [0.4, 0.5) is 0 Å². The highest BCUT2D eigenvalue weighted by atomic mass is 16.1. The number of carbonyl (C=O) groups is 1. The van der Waals surface area contributed by atoms with Gasteiger partial charge < -0.3 is 0 Å². The van der Waals surface area contributed by atoms with Crippen molar-refractivity contribution in [3.05, 3.63) is 0 Å². The third kappa shape index (κ3) is 6.80. The lowest BCUT2D eigenvalue weighted by molar-refractivity contribution is -0.122. The summed E-state index contributed by atoms with van der Waals surface area (Å²) in [4.78, 5) is 11.4. The monoisotopic (exact) mass is 184 g/mol. The fourth-order valence-corrected chi connectivity index (χ4v) is 1.70. The van der Waals surface area contributed by atoms with E-state index >= 15 is 0 Å². The third-order valence-corrected chi connectivity index (χ3v) is 2.15. The van der Waals surface area contributed by atoms with E-state index in [1.807, 2.05) is 13.8 Å². The molecule has 0 aromatic carbocycles. The first kappa shape index (κ1) is 12.7. The minimum Gasteiger partial charge on any atom is -0.299 e. The largest absolute Gasteiger partial charge is 0.299 e. The smallest absolute Gasteiger partial charge is 0.135 e. The van der Waals surface area contributed by atoms with Gasteiger partial charge in [0.2, 0.25) is 0 Å². The van der Waals surface area contributed by atoms with Gasteiger partial charge in [-0.25, -0.2) is 0 Å². The molecule has 0 aromatic rings. The maximum absolute atomic E-state index is 11.4. The summed E-state index contributed by atoms with van der Waals surface area (Å²) in [5.74, 6) is 1.12. The van der Waals surface area contributed by atoms with Crippen LogP contribution in [0.15, 0.2) is 0 Å². The highest BCUT2D eigenvalue weighted by molar-refractivity contribution is 5.80. The molecule has 0 spiro atoms. The van der Waals surface area contributed by atoms with Crippen molar-refractivity contribution in [3.8, 4) is 0 Å². The molecule has 78 valence electrons.